The minimum atomic E-state index is -0.292. The molecule has 1 saturated heterocycles. The Kier molecular flexibility index (Phi) is 9.79. The quantitative estimate of drug-likeness (QED) is 0.661. The number of halogens is 3. The fourth-order valence-corrected chi connectivity index (χ4v) is 3.09. The smallest absolute Gasteiger partial charge is 0.255 e. The second kappa shape index (κ2) is 11.3. The third-order valence-corrected chi connectivity index (χ3v) is 4.72. The molecular formula is C19H25Cl3N4O3. The second-order valence-corrected chi connectivity index (χ2v) is 6.82. The molecule has 0 bridgehead atoms. The van der Waals surface area contributed by atoms with Crippen LogP contribution in [0.2, 0.25) is 5.02 Å². The lowest BCUT2D eigenvalue weighted by Gasteiger charge is -2.32. The summed E-state index contributed by atoms with van der Waals surface area (Å²) in [6.07, 6.45) is 1.96. The highest BCUT2D eigenvalue weighted by Crippen LogP contribution is 2.28. The van der Waals surface area contributed by atoms with Crippen molar-refractivity contribution in [2.24, 2.45) is 0 Å². The Hall–Kier alpha value is -1.93. The number of benzene rings is 1. The highest BCUT2D eigenvalue weighted by Gasteiger charge is 2.18. The normalized spacial score (nSPS) is 15.7. The number of carbonyl (C=O) groups excluding carboxylic acids is 1. The number of hydrogen-bond donors (Lipinski definition) is 2. The number of pyridine rings is 1. The van der Waals surface area contributed by atoms with Crippen LogP contribution in [-0.2, 0) is 11.3 Å². The van der Waals surface area contributed by atoms with Gasteiger partial charge in [0.15, 0.2) is 0 Å². The Morgan fingerprint density at radius 1 is 1.41 bits per heavy atom. The van der Waals surface area contributed by atoms with Crippen molar-refractivity contribution < 1.29 is 14.3 Å². The number of nitrogens with one attached hydrogen (secondary N) is 1. The van der Waals surface area contributed by atoms with Crippen molar-refractivity contribution in [2.75, 3.05) is 37.4 Å². The van der Waals surface area contributed by atoms with Crippen LogP contribution in [0.3, 0.4) is 0 Å². The number of hydrogen-bond acceptors (Lipinski definition) is 6. The van der Waals surface area contributed by atoms with Gasteiger partial charge in [0.05, 0.1) is 36.1 Å². The van der Waals surface area contributed by atoms with Crippen LogP contribution in [0.1, 0.15) is 22.8 Å². The number of nitrogens with two attached hydrogens (primary N) is 1. The van der Waals surface area contributed by atoms with E-state index in [-0.39, 0.29) is 36.8 Å². The Balaban J connectivity index is 0.00000210. The van der Waals surface area contributed by atoms with Gasteiger partial charge in [0, 0.05) is 31.9 Å². The standard InChI is InChI=1S/C19H23ClN4O3.2ClH/c1-12-11-24(5-6-27-12)18-4-3-13(9-22-18)10-23-19(25)14-7-15(20)16(21)8-17(14)26-2;;/h3-4,7-9,12H,5-6,10-11,21H2,1-2H3,(H,23,25);2*1H. The van der Waals surface area contributed by atoms with Crippen molar-refractivity contribution in [1.82, 2.24) is 10.3 Å². The van der Waals surface area contributed by atoms with Gasteiger partial charge in [-0.3, -0.25) is 4.79 Å². The molecule has 1 amide bonds. The lowest BCUT2D eigenvalue weighted by molar-refractivity contribution is 0.0529. The number of nitrogen functional groups attached to an aromatic ring is 1. The van der Waals surface area contributed by atoms with E-state index in [9.17, 15) is 4.79 Å². The number of anilines is 2. The predicted octanol–water partition coefficient (Wildman–Crippen LogP) is 3.32. The number of ether oxygens (including phenoxy) is 2. The fourth-order valence-electron chi connectivity index (χ4n) is 2.93. The van der Waals surface area contributed by atoms with E-state index in [4.69, 9.17) is 26.8 Å². The molecule has 10 heteroatoms. The molecule has 1 aromatic carbocycles. The number of aromatic nitrogens is 1. The molecule has 1 unspecified atom stereocenters. The number of methoxy groups -OCH3 is 1. The van der Waals surface area contributed by atoms with Crippen molar-refractivity contribution in [3.63, 3.8) is 0 Å². The van der Waals surface area contributed by atoms with E-state index in [0.29, 0.717) is 35.2 Å². The first-order chi connectivity index (χ1) is 13.0. The van der Waals surface area contributed by atoms with Crippen LogP contribution in [0.25, 0.3) is 0 Å². The Morgan fingerprint density at radius 3 is 2.79 bits per heavy atom. The molecule has 1 atom stereocenters. The van der Waals surface area contributed by atoms with E-state index in [1.165, 1.54) is 19.2 Å². The maximum atomic E-state index is 12.5. The van der Waals surface area contributed by atoms with Gasteiger partial charge in [-0.05, 0) is 24.6 Å². The number of carbonyl (C=O) groups is 1. The molecule has 2 aromatic rings. The van der Waals surface area contributed by atoms with Crippen LogP contribution in [0, 0.1) is 0 Å². The molecule has 1 fully saturated rings. The Labute approximate surface area is 187 Å². The average molecular weight is 464 g/mol. The van der Waals surface area contributed by atoms with Crippen LogP contribution < -0.4 is 20.7 Å². The van der Waals surface area contributed by atoms with Gasteiger partial charge in [0.1, 0.15) is 11.6 Å². The first kappa shape index (κ1) is 25.1. The Morgan fingerprint density at radius 2 is 2.17 bits per heavy atom. The molecule has 2 heterocycles. The summed E-state index contributed by atoms with van der Waals surface area (Å²) in [6.45, 7) is 4.74. The first-order valence-electron chi connectivity index (χ1n) is 8.70. The van der Waals surface area contributed by atoms with E-state index >= 15 is 0 Å². The van der Waals surface area contributed by atoms with E-state index in [0.717, 1.165) is 24.5 Å². The summed E-state index contributed by atoms with van der Waals surface area (Å²) in [5.74, 6) is 0.997. The molecule has 0 saturated carbocycles. The highest BCUT2D eigenvalue weighted by atomic mass is 35.5. The van der Waals surface area contributed by atoms with Crippen molar-refractivity contribution in [1.29, 1.82) is 0 Å². The summed E-state index contributed by atoms with van der Waals surface area (Å²) in [4.78, 5) is 19.2. The largest absolute Gasteiger partial charge is 0.496 e. The summed E-state index contributed by atoms with van der Waals surface area (Å²) in [5.41, 5.74) is 7.35. The molecule has 7 nitrogen and oxygen atoms in total. The molecule has 1 aliphatic heterocycles. The number of nitrogens with zero attached hydrogens (tertiary/aromatic N) is 2. The van der Waals surface area contributed by atoms with E-state index in [1.807, 2.05) is 19.1 Å². The Bertz CT molecular complexity index is 821. The van der Waals surface area contributed by atoms with Crippen LogP contribution in [0.4, 0.5) is 11.5 Å². The zero-order valence-corrected chi connectivity index (χ0v) is 18.6. The molecule has 0 aliphatic carbocycles. The van der Waals surface area contributed by atoms with E-state index in [2.05, 4.69) is 15.2 Å². The maximum Gasteiger partial charge on any atom is 0.255 e. The monoisotopic (exact) mass is 462 g/mol. The molecule has 0 radical (unpaired) electrons. The van der Waals surface area contributed by atoms with Crippen molar-refractivity contribution in [2.45, 2.75) is 19.6 Å². The minimum absolute atomic E-state index is 0. The molecule has 3 N–H and O–H groups in total. The molecule has 160 valence electrons. The van der Waals surface area contributed by atoms with E-state index < -0.39 is 0 Å². The van der Waals surface area contributed by atoms with Crippen molar-refractivity contribution in [3.8, 4) is 5.75 Å². The molecule has 1 aromatic heterocycles. The van der Waals surface area contributed by atoms with Crippen LogP contribution >= 0.6 is 36.4 Å². The summed E-state index contributed by atoms with van der Waals surface area (Å²) in [7, 11) is 1.48. The highest BCUT2D eigenvalue weighted by molar-refractivity contribution is 6.33. The van der Waals surface area contributed by atoms with Gasteiger partial charge in [0.25, 0.3) is 5.91 Å². The van der Waals surface area contributed by atoms with Crippen molar-refractivity contribution >= 4 is 53.8 Å². The third-order valence-electron chi connectivity index (χ3n) is 4.39. The van der Waals surface area contributed by atoms with Gasteiger partial charge in [-0.1, -0.05) is 17.7 Å². The van der Waals surface area contributed by atoms with Crippen molar-refractivity contribution in [3.05, 3.63) is 46.6 Å². The van der Waals surface area contributed by atoms with Crippen LogP contribution in [0.5, 0.6) is 5.75 Å². The topological polar surface area (TPSA) is 89.7 Å². The minimum Gasteiger partial charge on any atom is -0.496 e. The van der Waals surface area contributed by atoms with Crippen LogP contribution in [-0.4, -0.2) is 43.8 Å². The summed E-state index contributed by atoms with van der Waals surface area (Å²) in [6, 6.07) is 6.96. The van der Waals surface area contributed by atoms with Gasteiger partial charge in [-0.15, -0.1) is 24.8 Å². The molecule has 0 spiro atoms. The predicted molar refractivity (Wildman–Crippen MR) is 120 cm³/mol. The molecular weight excluding hydrogens is 439 g/mol. The fraction of sp³-hybridized carbons (Fsp3) is 0.368. The number of rotatable bonds is 5. The first-order valence-corrected chi connectivity index (χ1v) is 9.08. The van der Waals surface area contributed by atoms with Crippen LogP contribution in [0.15, 0.2) is 30.5 Å². The SMILES string of the molecule is COc1cc(N)c(Cl)cc1C(=O)NCc1ccc(N2CCOC(C)C2)nc1.Cl.Cl. The maximum absolute atomic E-state index is 12.5. The summed E-state index contributed by atoms with van der Waals surface area (Å²) in [5, 5.41) is 3.16. The summed E-state index contributed by atoms with van der Waals surface area (Å²) < 4.78 is 10.8. The number of amides is 1. The lowest BCUT2D eigenvalue weighted by atomic mass is 10.1. The third kappa shape index (κ3) is 6.27. The zero-order chi connectivity index (χ0) is 19.4. The van der Waals surface area contributed by atoms with Gasteiger partial charge in [-0.25, -0.2) is 4.98 Å². The molecule has 1 aliphatic rings. The molecule has 29 heavy (non-hydrogen) atoms. The van der Waals surface area contributed by atoms with Gasteiger partial charge in [-0.2, -0.15) is 0 Å². The summed E-state index contributed by atoms with van der Waals surface area (Å²) >= 11 is 6.02. The van der Waals surface area contributed by atoms with E-state index in [1.54, 1.807) is 6.20 Å². The second-order valence-electron chi connectivity index (χ2n) is 6.41. The van der Waals surface area contributed by atoms with Gasteiger partial charge < -0.3 is 25.4 Å². The lowest BCUT2D eigenvalue weighted by Crippen LogP contribution is -2.41. The van der Waals surface area contributed by atoms with Gasteiger partial charge >= 0.3 is 0 Å². The average Bonchev–Trinajstić information content (AvgIpc) is 2.68. The zero-order valence-electron chi connectivity index (χ0n) is 16.2. The molecule has 3 rings (SSSR count). The number of morpholine rings is 1. The van der Waals surface area contributed by atoms with Gasteiger partial charge in [0.2, 0.25) is 0 Å².